The highest BCUT2D eigenvalue weighted by molar-refractivity contribution is 5.78. The Kier molecular flexibility index (Phi) is 6.17. The first-order valence-electron chi connectivity index (χ1n) is 8.51. The SMILES string of the molecule is COCC(=O)N1CC(c2nc(CCOCC3CCOCC3)no2)C1. The van der Waals surface area contributed by atoms with Crippen LogP contribution in [0, 0.1) is 5.92 Å². The van der Waals surface area contributed by atoms with E-state index in [9.17, 15) is 4.79 Å². The number of likely N-dealkylation sites (tertiary alicyclic amines) is 1. The first-order chi connectivity index (χ1) is 11.8. The number of amides is 1. The Balaban J connectivity index is 1.33. The summed E-state index contributed by atoms with van der Waals surface area (Å²) in [5.74, 6) is 2.00. The van der Waals surface area contributed by atoms with Crippen molar-refractivity contribution in [3.8, 4) is 0 Å². The molecule has 0 N–H and O–H groups in total. The number of carbonyl (C=O) groups excluding carboxylic acids is 1. The molecule has 1 amide bonds. The summed E-state index contributed by atoms with van der Waals surface area (Å²) in [6, 6.07) is 0. The van der Waals surface area contributed by atoms with Crippen LogP contribution >= 0.6 is 0 Å². The molecule has 0 aromatic carbocycles. The van der Waals surface area contributed by atoms with Crippen LogP contribution in [0.5, 0.6) is 0 Å². The molecular formula is C16H25N3O5. The molecule has 2 aliphatic heterocycles. The molecule has 0 spiro atoms. The molecule has 1 aromatic rings. The van der Waals surface area contributed by atoms with E-state index in [0.717, 1.165) is 32.7 Å². The highest BCUT2D eigenvalue weighted by atomic mass is 16.5. The second-order valence-corrected chi connectivity index (χ2v) is 6.36. The van der Waals surface area contributed by atoms with Crippen molar-refractivity contribution in [3.63, 3.8) is 0 Å². The van der Waals surface area contributed by atoms with Crippen molar-refractivity contribution in [2.24, 2.45) is 5.92 Å². The fraction of sp³-hybridized carbons (Fsp3) is 0.812. The van der Waals surface area contributed by atoms with Crippen molar-refractivity contribution < 1.29 is 23.5 Å². The number of carbonyl (C=O) groups is 1. The number of aromatic nitrogens is 2. The van der Waals surface area contributed by atoms with E-state index in [4.69, 9.17) is 18.7 Å². The molecule has 2 saturated heterocycles. The Hall–Kier alpha value is -1.51. The van der Waals surface area contributed by atoms with Gasteiger partial charge in [0, 0.05) is 46.4 Å². The minimum atomic E-state index is -0.00463. The molecule has 8 nitrogen and oxygen atoms in total. The molecule has 0 radical (unpaired) electrons. The minimum absolute atomic E-state index is 0.00463. The maximum absolute atomic E-state index is 11.6. The summed E-state index contributed by atoms with van der Waals surface area (Å²) in [4.78, 5) is 17.8. The summed E-state index contributed by atoms with van der Waals surface area (Å²) in [6.45, 7) is 4.40. The Morgan fingerprint density at radius 1 is 1.33 bits per heavy atom. The standard InChI is InChI=1S/C16H25N3O5/c1-21-11-15(20)19-8-13(9-19)16-17-14(18-24-16)4-7-23-10-12-2-5-22-6-3-12/h12-13H,2-11H2,1H3. The smallest absolute Gasteiger partial charge is 0.248 e. The maximum atomic E-state index is 11.6. The van der Waals surface area contributed by atoms with Gasteiger partial charge in [0.1, 0.15) is 6.61 Å². The van der Waals surface area contributed by atoms with Gasteiger partial charge in [-0.05, 0) is 18.8 Å². The summed E-state index contributed by atoms with van der Waals surface area (Å²) in [6.07, 6.45) is 2.80. The number of rotatable bonds is 8. The second kappa shape index (κ2) is 8.55. The molecule has 0 atom stereocenters. The molecule has 3 rings (SSSR count). The Labute approximate surface area is 141 Å². The Bertz CT molecular complexity index is 524. The zero-order valence-electron chi connectivity index (χ0n) is 14.1. The van der Waals surface area contributed by atoms with E-state index < -0.39 is 0 Å². The van der Waals surface area contributed by atoms with Gasteiger partial charge >= 0.3 is 0 Å². The third-order valence-corrected chi connectivity index (χ3v) is 4.50. The Morgan fingerprint density at radius 3 is 2.88 bits per heavy atom. The molecule has 2 aliphatic rings. The summed E-state index contributed by atoms with van der Waals surface area (Å²) < 4.78 is 21.2. The van der Waals surface area contributed by atoms with Gasteiger partial charge < -0.3 is 23.6 Å². The van der Waals surface area contributed by atoms with Crippen molar-refractivity contribution >= 4 is 5.91 Å². The van der Waals surface area contributed by atoms with E-state index in [-0.39, 0.29) is 18.4 Å². The van der Waals surface area contributed by atoms with E-state index in [2.05, 4.69) is 10.1 Å². The van der Waals surface area contributed by atoms with Gasteiger partial charge in [-0.1, -0.05) is 5.16 Å². The normalized spacial score (nSPS) is 19.5. The summed E-state index contributed by atoms with van der Waals surface area (Å²) >= 11 is 0. The average molecular weight is 339 g/mol. The van der Waals surface area contributed by atoms with E-state index in [0.29, 0.717) is 43.8 Å². The molecule has 0 unspecified atom stereocenters. The van der Waals surface area contributed by atoms with Crippen LogP contribution in [0.2, 0.25) is 0 Å². The topological polar surface area (TPSA) is 86.9 Å². The molecule has 134 valence electrons. The van der Waals surface area contributed by atoms with Gasteiger partial charge in [0.15, 0.2) is 5.82 Å². The first kappa shape index (κ1) is 17.3. The molecule has 0 saturated carbocycles. The number of ether oxygens (including phenoxy) is 3. The summed E-state index contributed by atoms with van der Waals surface area (Å²) in [7, 11) is 1.52. The fourth-order valence-electron chi connectivity index (χ4n) is 2.91. The molecule has 0 aliphatic carbocycles. The third kappa shape index (κ3) is 4.52. The second-order valence-electron chi connectivity index (χ2n) is 6.36. The predicted octanol–water partition coefficient (Wildman–Crippen LogP) is 0.627. The minimum Gasteiger partial charge on any atom is -0.381 e. The molecule has 0 bridgehead atoms. The predicted molar refractivity (Wildman–Crippen MR) is 83.6 cm³/mol. The lowest BCUT2D eigenvalue weighted by atomic mass is 10.0. The zero-order valence-corrected chi connectivity index (χ0v) is 14.1. The molecule has 3 heterocycles. The van der Waals surface area contributed by atoms with Gasteiger partial charge in [-0.2, -0.15) is 4.98 Å². The van der Waals surface area contributed by atoms with Crippen LogP contribution in [0.4, 0.5) is 0 Å². The molecule has 24 heavy (non-hydrogen) atoms. The van der Waals surface area contributed by atoms with E-state index in [1.165, 1.54) is 7.11 Å². The summed E-state index contributed by atoms with van der Waals surface area (Å²) in [5, 5.41) is 4.00. The van der Waals surface area contributed by atoms with Gasteiger partial charge in [-0.3, -0.25) is 4.79 Å². The first-order valence-corrected chi connectivity index (χ1v) is 8.51. The fourth-order valence-corrected chi connectivity index (χ4v) is 2.91. The van der Waals surface area contributed by atoms with E-state index in [1.807, 2.05) is 0 Å². The van der Waals surface area contributed by atoms with Gasteiger partial charge in [-0.15, -0.1) is 0 Å². The van der Waals surface area contributed by atoms with Crippen molar-refractivity contribution in [2.45, 2.75) is 25.2 Å². The summed E-state index contributed by atoms with van der Waals surface area (Å²) in [5.41, 5.74) is 0. The molecule has 2 fully saturated rings. The van der Waals surface area contributed by atoms with Crippen molar-refractivity contribution in [1.29, 1.82) is 0 Å². The highest BCUT2D eigenvalue weighted by Gasteiger charge is 2.35. The van der Waals surface area contributed by atoms with E-state index >= 15 is 0 Å². The van der Waals surface area contributed by atoms with Gasteiger partial charge in [0.2, 0.25) is 11.8 Å². The van der Waals surface area contributed by atoms with Gasteiger partial charge in [0.05, 0.1) is 12.5 Å². The van der Waals surface area contributed by atoms with Gasteiger partial charge in [0.25, 0.3) is 0 Å². The van der Waals surface area contributed by atoms with Crippen LogP contribution < -0.4 is 0 Å². The third-order valence-electron chi connectivity index (χ3n) is 4.50. The van der Waals surface area contributed by atoms with Crippen LogP contribution in [-0.2, 0) is 25.4 Å². The van der Waals surface area contributed by atoms with Crippen LogP contribution in [0.25, 0.3) is 0 Å². The molecular weight excluding hydrogens is 314 g/mol. The van der Waals surface area contributed by atoms with Crippen LogP contribution in [0.1, 0.15) is 30.5 Å². The van der Waals surface area contributed by atoms with E-state index in [1.54, 1.807) is 4.90 Å². The zero-order chi connectivity index (χ0) is 16.8. The van der Waals surface area contributed by atoms with Crippen LogP contribution in [-0.4, -0.2) is 74.2 Å². The van der Waals surface area contributed by atoms with Gasteiger partial charge in [-0.25, -0.2) is 0 Å². The number of methoxy groups -OCH3 is 1. The van der Waals surface area contributed by atoms with Crippen LogP contribution in [0.15, 0.2) is 4.52 Å². The van der Waals surface area contributed by atoms with Crippen molar-refractivity contribution in [3.05, 3.63) is 11.7 Å². The monoisotopic (exact) mass is 339 g/mol. The quantitative estimate of drug-likeness (QED) is 0.642. The lowest BCUT2D eigenvalue weighted by Crippen LogP contribution is -2.49. The van der Waals surface area contributed by atoms with Crippen molar-refractivity contribution in [2.75, 3.05) is 53.2 Å². The lowest BCUT2D eigenvalue weighted by molar-refractivity contribution is -0.140. The lowest BCUT2D eigenvalue weighted by Gasteiger charge is -2.36. The maximum Gasteiger partial charge on any atom is 0.248 e. The van der Waals surface area contributed by atoms with Crippen LogP contribution in [0.3, 0.4) is 0 Å². The number of hydrogen-bond acceptors (Lipinski definition) is 7. The number of hydrogen-bond donors (Lipinski definition) is 0. The molecule has 1 aromatic heterocycles. The highest BCUT2D eigenvalue weighted by Crippen LogP contribution is 2.25. The largest absolute Gasteiger partial charge is 0.381 e. The average Bonchev–Trinajstić information content (AvgIpc) is 3.00. The van der Waals surface area contributed by atoms with Crippen molar-refractivity contribution in [1.82, 2.24) is 15.0 Å². The number of nitrogens with zero attached hydrogens (tertiary/aromatic N) is 3. The Morgan fingerprint density at radius 2 is 2.12 bits per heavy atom. The molecule has 8 heteroatoms.